The highest BCUT2D eigenvalue weighted by molar-refractivity contribution is 5.58. The lowest BCUT2D eigenvalue weighted by molar-refractivity contribution is -0.143. The molecule has 0 amide bonds. The molecule has 1 aliphatic heterocycles. The van der Waals surface area contributed by atoms with E-state index in [0.29, 0.717) is 18.7 Å². The van der Waals surface area contributed by atoms with Gasteiger partial charge in [-0.25, -0.2) is 14.7 Å². The van der Waals surface area contributed by atoms with Crippen molar-refractivity contribution >= 4 is 6.20 Å². The van der Waals surface area contributed by atoms with Crippen LogP contribution in [0.2, 0.25) is 0 Å². The van der Waals surface area contributed by atoms with E-state index in [-0.39, 0.29) is 11.9 Å². The van der Waals surface area contributed by atoms with Gasteiger partial charge in [0.25, 0.3) is 0 Å². The van der Waals surface area contributed by atoms with E-state index in [1.165, 1.54) is 12.3 Å². The molecule has 1 aliphatic rings. The second-order valence-electron chi connectivity index (χ2n) is 6.05. The molecular formula is C16H15F6N5O. The van der Waals surface area contributed by atoms with Crippen molar-refractivity contribution in [2.75, 3.05) is 13.1 Å². The predicted molar refractivity (Wildman–Crippen MR) is 86.1 cm³/mol. The van der Waals surface area contributed by atoms with Crippen LogP contribution in [0, 0.1) is 0 Å². The molecule has 2 N–H and O–H groups in total. The predicted octanol–water partition coefficient (Wildman–Crippen LogP) is 2.98. The molecule has 1 saturated heterocycles. The van der Waals surface area contributed by atoms with Gasteiger partial charge in [0.2, 0.25) is 0 Å². The van der Waals surface area contributed by atoms with E-state index >= 15 is 0 Å². The largest absolute Gasteiger partial charge is 0.416 e. The molecule has 6 nitrogen and oxygen atoms in total. The Bertz CT molecular complexity index is 822. The highest BCUT2D eigenvalue weighted by Crippen LogP contribution is 2.38. The number of aliphatic hydroxyl groups is 1. The SMILES string of the molecule is OC(/C=C\n1cnc(-c2cc(C(F)(F)F)cc(C(F)(F)F)c2)n1)N1CCCN1. The van der Waals surface area contributed by atoms with Crippen LogP contribution >= 0.6 is 0 Å². The van der Waals surface area contributed by atoms with Crippen molar-refractivity contribution in [1.82, 2.24) is 25.2 Å². The molecule has 3 rings (SSSR count). The first kappa shape index (κ1) is 20.3. The molecule has 2 heterocycles. The first-order chi connectivity index (χ1) is 13.0. The van der Waals surface area contributed by atoms with Crippen molar-refractivity contribution in [3.05, 3.63) is 41.7 Å². The van der Waals surface area contributed by atoms with Crippen molar-refractivity contribution < 1.29 is 31.4 Å². The van der Waals surface area contributed by atoms with Crippen LogP contribution < -0.4 is 5.43 Å². The number of benzene rings is 1. The molecule has 2 aromatic rings. The lowest BCUT2D eigenvalue weighted by atomic mass is 10.0. The van der Waals surface area contributed by atoms with Crippen LogP contribution in [-0.2, 0) is 12.4 Å². The monoisotopic (exact) mass is 407 g/mol. The lowest BCUT2D eigenvalue weighted by Crippen LogP contribution is -2.39. The standard InChI is InChI=1S/C16H15F6N5O/c17-15(18,19)11-6-10(7-12(8-11)16(20,21)22)14-23-9-26(25-14)5-2-13(28)27-4-1-3-24-27/h2,5-9,13,24,28H,1,3-4H2/b5-2-. The van der Waals surface area contributed by atoms with Gasteiger partial charge in [0.15, 0.2) is 5.82 Å². The highest BCUT2D eigenvalue weighted by Gasteiger charge is 2.37. The van der Waals surface area contributed by atoms with Crippen LogP contribution in [0.1, 0.15) is 17.5 Å². The molecule has 1 fully saturated rings. The van der Waals surface area contributed by atoms with E-state index in [9.17, 15) is 31.4 Å². The smallest absolute Gasteiger partial charge is 0.373 e. The zero-order chi connectivity index (χ0) is 20.5. The van der Waals surface area contributed by atoms with Crippen LogP contribution in [-0.4, -0.2) is 44.2 Å². The van der Waals surface area contributed by atoms with Crippen LogP contribution in [0.5, 0.6) is 0 Å². The normalized spacial score (nSPS) is 17.5. The number of alkyl halides is 6. The molecule has 0 aliphatic carbocycles. The third-order valence-corrected chi connectivity index (χ3v) is 3.98. The van der Waals surface area contributed by atoms with E-state index in [2.05, 4.69) is 15.5 Å². The van der Waals surface area contributed by atoms with Crippen LogP contribution in [0.15, 0.2) is 30.6 Å². The topological polar surface area (TPSA) is 66.2 Å². The minimum absolute atomic E-state index is 0.0415. The molecule has 0 spiro atoms. The molecule has 0 bridgehead atoms. The molecule has 1 atom stereocenters. The van der Waals surface area contributed by atoms with Gasteiger partial charge in [-0.15, -0.1) is 5.10 Å². The molecule has 0 radical (unpaired) electrons. The summed E-state index contributed by atoms with van der Waals surface area (Å²) in [6.07, 6.45) is -6.25. The summed E-state index contributed by atoms with van der Waals surface area (Å²) in [5, 5.41) is 15.4. The number of rotatable bonds is 4. The van der Waals surface area contributed by atoms with E-state index in [4.69, 9.17) is 0 Å². The van der Waals surface area contributed by atoms with E-state index < -0.39 is 35.3 Å². The molecule has 12 heteroatoms. The Morgan fingerprint density at radius 1 is 1.07 bits per heavy atom. The van der Waals surface area contributed by atoms with E-state index in [0.717, 1.165) is 24.0 Å². The number of hydrazine groups is 1. The van der Waals surface area contributed by atoms with Crippen molar-refractivity contribution in [2.45, 2.75) is 25.0 Å². The number of nitrogens with zero attached hydrogens (tertiary/aromatic N) is 4. The van der Waals surface area contributed by atoms with Crippen molar-refractivity contribution in [3.8, 4) is 11.4 Å². The van der Waals surface area contributed by atoms with Gasteiger partial charge >= 0.3 is 12.4 Å². The summed E-state index contributed by atoms with van der Waals surface area (Å²) in [6, 6.07) is 1.16. The second kappa shape index (κ2) is 7.53. The number of halogens is 6. The number of hydrogen-bond acceptors (Lipinski definition) is 5. The third-order valence-electron chi connectivity index (χ3n) is 3.98. The third kappa shape index (κ3) is 4.69. The van der Waals surface area contributed by atoms with Crippen LogP contribution in [0.25, 0.3) is 17.6 Å². The number of aromatic nitrogens is 3. The minimum atomic E-state index is -4.95. The summed E-state index contributed by atoms with van der Waals surface area (Å²) in [7, 11) is 0. The van der Waals surface area contributed by atoms with Gasteiger partial charge in [-0.3, -0.25) is 5.43 Å². The number of hydrogen-bond donors (Lipinski definition) is 2. The van der Waals surface area contributed by atoms with Crippen LogP contribution in [0.4, 0.5) is 26.3 Å². The summed E-state index contributed by atoms with van der Waals surface area (Å²) in [4.78, 5) is 3.76. The molecule has 0 saturated carbocycles. The fourth-order valence-corrected chi connectivity index (χ4v) is 2.61. The molecule has 1 aromatic heterocycles. The first-order valence-electron chi connectivity index (χ1n) is 8.11. The summed E-state index contributed by atoms with van der Waals surface area (Å²) < 4.78 is 78.8. The number of nitrogens with one attached hydrogen (secondary N) is 1. The summed E-state index contributed by atoms with van der Waals surface area (Å²) in [5.41, 5.74) is -0.372. The van der Waals surface area contributed by atoms with Gasteiger partial charge in [0.1, 0.15) is 12.6 Å². The van der Waals surface area contributed by atoms with Gasteiger partial charge in [-0.1, -0.05) is 0 Å². The van der Waals surface area contributed by atoms with Crippen molar-refractivity contribution in [3.63, 3.8) is 0 Å². The van der Waals surface area contributed by atoms with Crippen molar-refractivity contribution in [2.24, 2.45) is 0 Å². The Balaban J connectivity index is 1.87. The van der Waals surface area contributed by atoms with Gasteiger partial charge < -0.3 is 5.11 Å². The van der Waals surface area contributed by atoms with E-state index in [1.54, 1.807) is 5.01 Å². The van der Waals surface area contributed by atoms with Gasteiger partial charge in [0.05, 0.1) is 11.1 Å². The fraction of sp³-hybridized carbons (Fsp3) is 0.375. The lowest BCUT2D eigenvalue weighted by Gasteiger charge is -2.18. The maximum absolute atomic E-state index is 13.0. The van der Waals surface area contributed by atoms with Crippen molar-refractivity contribution in [1.29, 1.82) is 0 Å². The second-order valence-corrected chi connectivity index (χ2v) is 6.05. The Hall–Kier alpha value is -2.44. The van der Waals surface area contributed by atoms with E-state index in [1.807, 2.05) is 0 Å². The van der Waals surface area contributed by atoms with Crippen LogP contribution in [0.3, 0.4) is 0 Å². The Morgan fingerprint density at radius 2 is 1.71 bits per heavy atom. The summed E-state index contributed by atoms with van der Waals surface area (Å²) in [5.74, 6) is -0.310. The average Bonchev–Trinajstić information content (AvgIpc) is 3.29. The summed E-state index contributed by atoms with van der Waals surface area (Å²) in [6.45, 7) is 1.34. The molecule has 1 aromatic carbocycles. The molecule has 28 heavy (non-hydrogen) atoms. The van der Waals surface area contributed by atoms with Gasteiger partial charge in [0, 0.05) is 24.9 Å². The Morgan fingerprint density at radius 3 is 2.25 bits per heavy atom. The maximum Gasteiger partial charge on any atom is 0.416 e. The molecule has 1 unspecified atom stereocenters. The minimum Gasteiger partial charge on any atom is -0.373 e. The Labute approximate surface area is 155 Å². The first-order valence-corrected chi connectivity index (χ1v) is 8.11. The summed E-state index contributed by atoms with van der Waals surface area (Å²) >= 11 is 0. The highest BCUT2D eigenvalue weighted by atomic mass is 19.4. The fourth-order valence-electron chi connectivity index (χ4n) is 2.61. The zero-order valence-electron chi connectivity index (χ0n) is 14.2. The quantitative estimate of drug-likeness (QED) is 0.763. The zero-order valence-corrected chi connectivity index (χ0v) is 14.2. The average molecular weight is 407 g/mol. The molecular weight excluding hydrogens is 392 g/mol. The number of aliphatic hydroxyl groups excluding tert-OH is 1. The Kier molecular flexibility index (Phi) is 5.46. The van der Waals surface area contributed by atoms with Gasteiger partial charge in [-0.2, -0.15) is 26.3 Å². The van der Waals surface area contributed by atoms with Gasteiger partial charge in [-0.05, 0) is 30.7 Å². The maximum atomic E-state index is 13.0. The molecule has 152 valence electrons.